The molecule has 0 radical (unpaired) electrons. The van der Waals surface area contributed by atoms with Gasteiger partial charge in [0.25, 0.3) is 0 Å². The summed E-state index contributed by atoms with van der Waals surface area (Å²) in [5, 5.41) is 5.32. The van der Waals surface area contributed by atoms with Crippen LogP contribution in [0.5, 0.6) is 0 Å². The molecule has 0 saturated carbocycles. The minimum atomic E-state index is -0.200. The molecular formula is C13H10Cl3N3. The zero-order valence-electron chi connectivity index (χ0n) is 10.1. The van der Waals surface area contributed by atoms with E-state index in [0.29, 0.717) is 10.0 Å². The zero-order valence-corrected chi connectivity index (χ0v) is 12.3. The Morgan fingerprint density at radius 1 is 1.26 bits per heavy atom. The van der Waals surface area contributed by atoms with Crippen molar-refractivity contribution >= 4 is 40.5 Å². The van der Waals surface area contributed by atoms with Crippen molar-refractivity contribution in [3.05, 3.63) is 40.1 Å². The number of hydrogen-bond acceptors (Lipinski definition) is 2. The first kappa shape index (κ1) is 13.0. The highest BCUT2D eigenvalue weighted by Gasteiger charge is 2.27. The summed E-state index contributed by atoms with van der Waals surface area (Å²) in [4.78, 5) is 4.37. The Kier molecular flexibility index (Phi) is 3.29. The fourth-order valence-corrected chi connectivity index (χ4v) is 2.71. The van der Waals surface area contributed by atoms with Crippen molar-refractivity contribution in [1.29, 1.82) is 0 Å². The largest absolute Gasteiger partial charge is 0.235 e. The Hall–Kier alpha value is -1.03. The quantitative estimate of drug-likeness (QED) is 0.735. The number of benzene rings is 1. The topological polar surface area (TPSA) is 30.2 Å². The summed E-state index contributed by atoms with van der Waals surface area (Å²) in [7, 11) is 0. The van der Waals surface area contributed by atoms with Crippen LogP contribution in [0.4, 0.5) is 0 Å². The predicted molar refractivity (Wildman–Crippen MR) is 79.4 cm³/mol. The minimum Gasteiger partial charge on any atom is -0.235 e. The summed E-state index contributed by atoms with van der Waals surface area (Å²) in [6.07, 6.45) is 2.57. The first-order valence-corrected chi connectivity index (χ1v) is 7.06. The van der Waals surface area contributed by atoms with Crippen LogP contribution in [-0.2, 0) is 0 Å². The van der Waals surface area contributed by atoms with Gasteiger partial charge in [-0.2, -0.15) is 5.10 Å². The molecule has 1 aromatic heterocycles. The summed E-state index contributed by atoms with van der Waals surface area (Å²) < 4.78 is 1.77. The van der Waals surface area contributed by atoms with Crippen LogP contribution in [0.25, 0.3) is 11.4 Å². The highest BCUT2D eigenvalue weighted by Crippen LogP contribution is 2.35. The van der Waals surface area contributed by atoms with Gasteiger partial charge in [0.05, 0.1) is 27.6 Å². The molecule has 2 aromatic rings. The molecule has 0 N–H and O–H groups in total. The van der Waals surface area contributed by atoms with Crippen molar-refractivity contribution in [3.63, 3.8) is 0 Å². The van der Waals surface area contributed by atoms with Crippen molar-refractivity contribution in [2.75, 3.05) is 0 Å². The molecule has 19 heavy (non-hydrogen) atoms. The van der Waals surface area contributed by atoms with E-state index in [2.05, 4.69) is 10.1 Å². The molecule has 1 aliphatic heterocycles. The molecule has 1 unspecified atom stereocenters. The molecule has 1 aliphatic rings. The van der Waals surface area contributed by atoms with Crippen molar-refractivity contribution in [1.82, 2.24) is 9.66 Å². The van der Waals surface area contributed by atoms with Crippen LogP contribution in [0.1, 0.15) is 24.4 Å². The SMILES string of the molecule is CCC1=Nn2c(cnc2-c2ccc(Cl)c(Cl)c2)C1Cl. The molecule has 0 bridgehead atoms. The molecule has 0 spiro atoms. The van der Waals surface area contributed by atoms with Crippen LogP contribution in [0.2, 0.25) is 10.0 Å². The molecule has 2 heterocycles. The normalized spacial score (nSPS) is 17.5. The Morgan fingerprint density at radius 3 is 2.74 bits per heavy atom. The number of halogens is 3. The van der Waals surface area contributed by atoms with E-state index in [1.165, 1.54) is 0 Å². The Bertz CT molecular complexity index is 676. The Balaban J connectivity index is 2.11. The number of imidazole rings is 1. The number of fused-ring (bicyclic) bond motifs is 1. The summed E-state index contributed by atoms with van der Waals surface area (Å²) >= 11 is 18.3. The molecule has 6 heteroatoms. The van der Waals surface area contributed by atoms with Crippen LogP contribution in [0, 0.1) is 0 Å². The van der Waals surface area contributed by atoms with Crippen molar-refractivity contribution in [3.8, 4) is 11.4 Å². The fourth-order valence-electron chi connectivity index (χ4n) is 2.07. The van der Waals surface area contributed by atoms with Crippen LogP contribution in [0.15, 0.2) is 29.5 Å². The highest BCUT2D eigenvalue weighted by atomic mass is 35.5. The lowest BCUT2D eigenvalue weighted by atomic mass is 10.2. The number of nitrogens with zero attached hydrogens (tertiary/aromatic N) is 3. The Morgan fingerprint density at radius 2 is 2.05 bits per heavy atom. The van der Waals surface area contributed by atoms with E-state index < -0.39 is 0 Å². The van der Waals surface area contributed by atoms with Crippen molar-refractivity contribution in [2.45, 2.75) is 18.7 Å². The third kappa shape index (κ3) is 2.06. The predicted octanol–water partition coefficient (Wildman–Crippen LogP) is 4.76. The molecule has 0 saturated heterocycles. The van der Waals surface area contributed by atoms with Gasteiger partial charge in [0.15, 0.2) is 5.82 Å². The van der Waals surface area contributed by atoms with E-state index in [1.54, 1.807) is 23.0 Å². The van der Waals surface area contributed by atoms with Crippen LogP contribution in [0.3, 0.4) is 0 Å². The first-order chi connectivity index (χ1) is 9.11. The van der Waals surface area contributed by atoms with Gasteiger partial charge in [0, 0.05) is 5.56 Å². The lowest BCUT2D eigenvalue weighted by molar-refractivity contribution is 0.877. The number of aromatic nitrogens is 2. The van der Waals surface area contributed by atoms with Gasteiger partial charge in [-0.3, -0.25) is 0 Å². The average Bonchev–Trinajstić information content (AvgIpc) is 2.94. The van der Waals surface area contributed by atoms with E-state index in [9.17, 15) is 0 Å². The molecule has 3 nitrogen and oxygen atoms in total. The third-order valence-corrected chi connectivity index (χ3v) is 4.30. The molecule has 3 rings (SSSR count). The third-order valence-electron chi connectivity index (χ3n) is 3.09. The second kappa shape index (κ2) is 4.82. The summed E-state index contributed by atoms with van der Waals surface area (Å²) in [6, 6.07) is 5.40. The maximum atomic E-state index is 6.33. The maximum absolute atomic E-state index is 6.33. The molecule has 0 fully saturated rings. The van der Waals surface area contributed by atoms with E-state index >= 15 is 0 Å². The van der Waals surface area contributed by atoms with Crippen LogP contribution >= 0.6 is 34.8 Å². The lowest BCUT2D eigenvalue weighted by Crippen LogP contribution is -1.98. The van der Waals surface area contributed by atoms with E-state index in [4.69, 9.17) is 34.8 Å². The average molecular weight is 315 g/mol. The van der Waals surface area contributed by atoms with Gasteiger partial charge in [0.1, 0.15) is 5.38 Å². The van der Waals surface area contributed by atoms with Gasteiger partial charge in [-0.25, -0.2) is 9.66 Å². The van der Waals surface area contributed by atoms with E-state index in [0.717, 1.165) is 29.2 Å². The lowest BCUT2D eigenvalue weighted by Gasteiger charge is -2.03. The minimum absolute atomic E-state index is 0.200. The zero-order chi connectivity index (χ0) is 13.6. The van der Waals surface area contributed by atoms with Gasteiger partial charge in [-0.1, -0.05) is 30.1 Å². The summed E-state index contributed by atoms with van der Waals surface area (Å²) in [6.45, 7) is 2.03. The van der Waals surface area contributed by atoms with Gasteiger partial charge in [-0.05, 0) is 24.6 Å². The molecular weight excluding hydrogens is 305 g/mol. The standard InChI is InChI=1S/C13H10Cl3N3/c1-2-10-12(16)11-6-17-13(19(11)18-10)7-3-4-8(14)9(15)5-7/h3-6,12H,2H2,1H3. The monoisotopic (exact) mass is 313 g/mol. The van der Waals surface area contributed by atoms with Gasteiger partial charge in [0.2, 0.25) is 0 Å². The van der Waals surface area contributed by atoms with Gasteiger partial charge < -0.3 is 0 Å². The van der Waals surface area contributed by atoms with E-state index in [1.807, 2.05) is 13.0 Å². The van der Waals surface area contributed by atoms with Crippen LogP contribution < -0.4 is 0 Å². The van der Waals surface area contributed by atoms with Crippen LogP contribution in [-0.4, -0.2) is 15.4 Å². The smallest absolute Gasteiger partial charge is 0.161 e. The molecule has 1 atom stereocenters. The van der Waals surface area contributed by atoms with Crippen molar-refractivity contribution in [2.24, 2.45) is 5.10 Å². The van der Waals surface area contributed by atoms with Gasteiger partial charge >= 0.3 is 0 Å². The Labute approximate surface area is 125 Å². The molecule has 98 valence electrons. The maximum Gasteiger partial charge on any atom is 0.161 e. The second-order valence-corrected chi connectivity index (χ2v) is 5.51. The fraction of sp³-hybridized carbons (Fsp3) is 0.231. The van der Waals surface area contributed by atoms with E-state index in [-0.39, 0.29) is 5.38 Å². The molecule has 0 aliphatic carbocycles. The second-order valence-electron chi connectivity index (χ2n) is 4.25. The number of rotatable bonds is 2. The first-order valence-electron chi connectivity index (χ1n) is 5.86. The van der Waals surface area contributed by atoms with Crippen molar-refractivity contribution < 1.29 is 0 Å². The molecule has 1 aromatic carbocycles. The summed E-state index contributed by atoms with van der Waals surface area (Å²) in [5.41, 5.74) is 2.70. The number of alkyl halides is 1. The summed E-state index contributed by atoms with van der Waals surface area (Å²) in [5.74, 6) is 0.725. The van der Waals surface area contributed by atoms with Gasteiger partial charge in [-0.15, -0.1) is 11.6 Å². The highest BCUT2D eigenvalue weighted by molar-refractivity contribution is 6.42. The number of hydrogen-bond donors (Lipinski definition) is 0. The molecule has 0 amide bonds.